The van der Waals surface area contributed by atoms with E-state index in [4.69, 9.17) is 5.11 Å². The Bertz CT molecular complexity index is 380. The van der Waals surface area contributed by atoms with E-state index in [1.54, 1.807) is 0 Å². The Balaban J connectivity index is 2.62. The highest BCUT2D eigenvalue weighted by atomic mass is 19.1. The van der Waals surface area contributed by atoms with Crippen molar-refractivity contribution < 1.29 is 19.4 Å². The summed E-state index contributed by atoms with van der Waals surface area (Å²) in [4.78, 5) is 12.2. The van der Waals surface area contributed by atoms with Crippen LogP contribution in [-0.4, -0.2) is 34.3 Å². The van der Waals surface area contributed by atoms with E-state index in [2.05, 4.69) is 0 Å². The summed E-state index contributed by atoms with van der Waals surface area (Å²) in [6.45, 7) is 2.36. The molecule has 5 heteroatoms. The summed E-state index contributed by atoms with van der Waals surface area (Å²) in [6.07, 6.45) is -0.345. The molecule has 0 aliphatic rings. The Morgan fingerprint density at radius 2 is 2.00 bits per heavy atom. The molecule has 4 nitrogen and oxygen atoms in total. The molecule has 1 amide bonds. The number of rotatable bonds is 6. The maximum absolute atomic E-state index is 12.7. The van der Waals surface area contributed by atoms with Crippen molar-refractivity contribution in [3.63, 3.8) is 0 Å². The Morgan fingerprint density at radius 3 is 2.50 bits per heavy atom. The fourth-order valence-electron chi connectivity index (χ4n) is 1.61. The van der Waals surface area contributed by atoms with E-state index in [1.165, 1.54) is 29.2 Å². The summed E-state index contributed by atoms with van der Waals surface area (Å²) < 4.78 is 12.7. The zero-order chi connectivity index (χ0) is 13.5. The number of aliphatic hydroxyl groups is 1. The first kappa shape index (κ1) is 14.4. The van der Waals surface area contributed by atoms with Crippen LogP contribution in [-0.2, 0) is 0 Å². The van der Waals surface area contributed by atoms with Crippen molar-refractivity contribution in [3.8, 4) is 0 Å². The molecule has 0 saturated heterocycles. The SMILES string of the molecule is CCCCN(CC(O)c1ccc(F)cc1)C(=O)O. The van der Waals surface area contributed by atoms with Gasteiger partial charge >= 0.3 is 6.09 Å². The third kappa shape index (κ3) is 4.33. The Kier molecular flexibility index (Phi) is 5.58. The number of unbranched alkanes of at least 4 members (excludes halogenated alkanes) is 1. The van der Waals surface area contributed by atoms with E-state index in [1.807, 2.05) is 6.92 Å². The minimum atomic E-state index is -1.05. The fourth-order valence-corrected chi connectivity index (χ4v) is 1.61. The lowest BCUT2D eigenvalue weighted by atomic mass is 10.1. The predicted molar refractivity (Wildman–Crippen MR) is 65.9 cm³/mol. The molecule has 1 aromatic rings. The van der Waals surface area contributed by atoms with Crippen LogP contribution in [0.3, 0.4) is 0 Å². The molecule has 1 aromatic carbocycles. The molecule has 0 fully saturated rings. The van der Waals surface area contributed by atoms with Crippen molar-refractivity contribution in [2.75, 3.05) is 13.1 Å². The first-order valence-corrected chi connectivity index (χ1v) is 5.96. The Hall–Kier alpha value is -1.62. The molecule has 1 atom stereocenters. The zero-order valence-electron chi connectivity index (χ0n) is 10.3. The van der Waals surface area contributed by atoms with E-state index in [0.29, 0.717) is 12.1 Å². The van der Waals surface area contributed by atoms with E-state index < -0.39 is 12.2 Å². The second-order valence-electron chi connectivity index (χ2n) is 4.15. The summed E-state index contributed by atoms with van der Waals surface area (Å²) in [5.41, 5.74) is 0.513. The number of nitrogens with zero attached hydrogens (tertiary/aromatic N) is 1. The van der Waals surface area contributed by atoms with Gasteiger partial charge in [0.1, 0.15) is 5.82 Å². The van der Waals surface area contributed by atoms with E-state index in [-0.39, 0.29) is 12.4 Å². The summed E-state index contributed by atoms with van der Waals surface area (Å²) in [7, 11) is 0. The predicted octanol–water partition coefficient (Wildman–Crippen LogP) is 2.64. The van der Waals surface area contributed by atoms with Crippen LogP contribution in [0.15, 0.2) is 24.3 Å². The van der Waals surface area contributed by atoms with Crippen molar-refractivity contribution in [1.82, 2.24) is 4.90 Å². The molecule has 100 valence electrons. The number of hydrogen-bond acceptors (Lipinski definition) is 2. The second kappa shape index (κ2) is 6.96. The van der Waals surface area contributed by atoms with Crippen molar-refractivity contribution >= 4 is 6.09 Å². The molecule has 18 heavy (non-hydrogen) atoms. The monoisotopic (exact) mass is 255 g/mol. The van der Waals surface area contributed by atoms with Crippen molar-refractivity contribution in [2.45, 2.75) is 25.9 Å². The van der Waals surface area contributed by atoms with Gasteiger partial charge in [-0.1, -0.05) is 25.5 Å². The highest BCUT2D eigenvalue weighted by molar-refractivity contribution is 5.65. The average Bonchev–Trinajstić information content (AvgIpc) is 2.34. The van der Waals surface area contributed by atoms with Crippen LogP contribution in [0.4, 0.5) is 9.18 Å². The average molecular weight is 255 g/mol. The van der Waals surface area contributed by atoms with Crippen LogP contribution >= 0.6 is 0 Å². The maximum Gasteiger partial charge on any atom is 0.407 e. The van der Waals surface area contributed by atoms with Gasteiger partial charge in [-0.05, 0) is 24.1 Å². The summed E-state index contributed by atoms with van der Waals surface area (Å²) in [5, 5.41) is 18.9. The lowest BCUT2D eigenvalue weighted by Gasteiger charge is -2.22. The smallest absolute Gasteiger partial charge is 0.407 e. The van der Waals surface area contributed by atoms with Gasteiger partial charge in [0.25, 0.3) is 0 Å². The largest absolute Gasteiger partial charge is 0.465 e. The topological polar surface area (TPSA) is 60.8 Å². The molecule has 1 unspecified atom stereocenters. The van der Waals surface area contributed by atoms with Gasteiger partial charge in [0.05, 0.1) is 12.6 Å². The highest BCUT2D eigenvalue weighted by Crippen LogP contribution is 2.15. The lowest BCUT2D eigenvalue weighted by Crippen LogP contribution is -2.34. The number of aliphatic hydroxyl groups excluding tert-OH is 1. The number of hydrogen-bond donors (Lipinski definition) is 2. The van der Waals surface area contributed by atoms with Crippen molar-refractivity contribution in [2.24, 2.45) is 0 Å². The third-order valence-electron chi connectivity index (χ3n) is 2.70. The van der Waals surface area contributed by atoms with Gasteiger partial charge in [0, 0.05) is 6.54 Å². The van der Waals surface area contributed by atoms with Crippen LogP contribution in [0.1, 0.15) is 31.4 Å². The first-order valence-electron chi connectivity index (χ1n) is 5.96. The number of benzene rings is 1. The van der Waals surface area contributed by atoms with Crippen molar-refractivity contribution in [1.29, 1.82) is 0 Å². The molecule has 0 aliphatic carbocycles. The van der Waals surface area contributed by atoms with Crippen LogP contribution in [0.2, 0.25) is 0 Å². The van der Waals surface area contributed by atoms with Crippen LogP contribution in [0.25, 0.3) is 0 Å². The van der Waals surface area contributed by atoms with Gasteiger partial charge in [0.2, 0.25) is 0 Å². The standard InChI is InChI=1S/C13H18FNO3/c1-2-3-8-15(13(17)18)9-12(16)10-4-6-11(14)7-5-10/h4-7,12,16H,2-3,8-9H2,1H3,(H,17,18). The maximum atomic E-state index is 12.7. The number of carboxylic acid groups (broad SMARTS) is 1. The minimum Gasteiger partial charge on any atom is -0.465 e. The van der Waals surface area contributed by atoms with Gasteiger partial charge in [-0.15, -0.1) is 0 Å². The second-order valence-corrected chi connectivity index (χ2v) is 4.15. The van der Waals surface area contributed by atoms with Gasteiger partial charge in [-0.25, -0.2) is 9.18 Å². The summed E-state index contributed by atoms with van der Waals surface area (Å²) >= 11 is 0. The van der Waals surface area contributed by atoms with Crippen LogP contribution < -0.4 is 0 Å². The number of carbonyl (C=O) groups is 1. The fraction of sp³-hybridized carbons (Fsp3) is 0.462. The molecule has 0 radical (unpaired) electrons. The van der Waals surface area contributed by atoms with E-state index in [9.17, 15) is 14.3 Å². The highest BCUT2D eigenvalue weighted by Gasteiger charge is 2.17. The Morgan fingerprint density at radius 1 is 1.39 bits per heavy atom. The van der Waals surface area contributed by atoms with Crippen LogP contribution in [0, 0.1) is 5.82 Å². The van der Waals surface area contributed by atoms with E-state index in [0.717, 1.165) is 12.8 Å². The first-order chi connectivity index (χ1) is 8.54. The third-order valence-corrected chi connectivity index (χ3v) is 2.70. The molecule has 0 aliphatic heterocycles. The van der Waals surface area contributed by atoms with Gasteiger partial charge < -0.3 is 15.1 Å². The molecule has 0 bridgehead atoms. The number of halogens is 1. The molecular formula is C13H18FNO3. The van der Waals surface area contributed by atoms with Gasteiger partial charge in [-0.3, -0.25) is 0 Å². The molecule has 0 saturated carbocycles. The number of amides is 1. The van der Waals surface area contributed by atoms with Crippen molar-refractivity contribution in [3.05, 3.63) is 35.6 Å². The van der Waals surface area contributed by atoms with Gasteiger partial charge in [-0.2, -0.15) is 0 Å². The Labute approximate surface area is 106 Å². The summed E-state index contributed by atoms with van der Waals surface area (Å²) in [5.74, 6) is -0.382. The molecule has 0 aromatic heterocycles. The normalized spacial score (nSPS) is 12.2. The molecular weight excluding hydrogens is 237 g/mol. The minimum absolute atomic E-state index is 0.000958. The molecule has 2 N–H and O–H groups in total. The van der Waals surface area contributed by atoms with Crippen LogP contribution in [0.5, 0.6) is 0 Å². The molecule has 1 rings (SSSR count). The quantitative estimate of drug-likeness (QED) is 0.821. The summed E-state index contributed by atoms with van der Waals surface area (Å²) in [6, 6.07) is 5.41. The zero-order valence-corrected chi connectivity index (χ0v) is 10.3. The van der Waals surface area contributed by atoms with E-state index >= 15 is 0 Å². The van der Waals surface area contributed by atoms with Gasteiger partial charge in [0.15, 0.2) is 0 Å². The lowest BCUT2D eigenvalue weighted by molar-refractivity contribution is 0.0961. The molecule has 0 heterocycles. The molecule has 0 spiro atoms.